The van der Waals surface area contributed by atoms with Crippen molar-refractivity contribution in [3.05, 3.63) is 24.3 Å². The van der Waals surface area contributed by atoms with Crippen LogP contribution in [0, 0.1) is 5.92 Å². The predicted octanol–water partition coefficient (Wildman–Crippen LogP) is 1.19. The average molecular weight is 298 g/mol. The Morgan fingerprint density at radius 3 is 2.75 bits per heavy atom. The minimum absolute atomic E-state index is 0.0204. The maximum Gasteiger partial charge on any atom is 0.242 e. The van der Waals surface area contributed by atoms with Crippen LogP contribution in [0.15, 0.2) is 29.2 Å². The van der Waals surface area contributed by atoms with Crippen LogP contribution in [0.4, 0.5) is 5.69 Å². The number of para-hydroxylation sites is 1. The maximum absolute atomic E-state index is 12.3. The largest absolute Gasteiger partial charge is 0.394 e. The van der Waals surface area contributed by atoms with Crippen molar-refractivity contribution >= 4 is 15.7 Å². The molecule has 112 valence electrons. The smallest absolute Gasteiger partial charge is 0.242 e. The second kappa shape index (κ2) is 6.11. The summed E-state index contributed by atoms with van der Waals surface area (Å²) >= 11 is 0. The number of sulfonamides is 1. The normalized spacial score (nSPS) is 23.2. The van der Waals surface area contributed by atoms with E-state index in [1.807, 2.05) is 17.0 Å². The van der Waals surface area contributed by atoms with Crippen molar-refractivity contribution in [3.8, 4) is 0 Å². The van der Waals surface area contributed by atoms with Gasteiger partial charge in [-0.25, -0.2) is 13.1 Å². The average Bonchev–Trinajstić information content (AvgIpc) is 2.79. The molecule has 1 fully saturated rings. The Balaban J connectivity index is 2.43. The predicted molar refractivity (Wildman–Crippen MR) is 79.3 cm³/mol. The number of nitrogens with one attached hydrogen (secondary N) is 1. The fraction of sp³-hybridized carbons (Fsp3) is 0.571. The van der Waals surface area contributed by atoms with Gasteiger partial charge in [-0.2, -0.15) is 0 Å². The summed E-state index contributed by atoms with van der Waals surface area (Å²) in [5, 5.41) is 9.56. The topological polar surface area (TPSA) is 69.6 Å². The van der Waals surface area contributed by atoms with E-state index >= 15 is 0 Å². The van der Waals surface area contributed by atoms with Crippen molar-refractivity contribution in [1.82, 2.24) is 4.72 Å². The molecular weight excluding hydrogens is 276 g/mol. The van der Waals surface area contributed by atoms with E-state index in [-0.39, 0.29) is 17.5 Å². The van der Waals surface area contributed by atoms with Crippen LogP contribution in [-0.2, 0) is 10.0 Å². The lowest BCUT2D eigenvalue weighted by Gasteiger charge is -2.29. The molecular formula is C14H22N2O3S. The van der Waals surface area contributed by atoms with Crippen LogP contribution in [-0.4, -0.2) is 39.3 Å². The van der Waals surface area contributed by atoms with Gasteiger partial charge < -0.3 is 10.0 Å². The van der Waals surface area contributed by atoms with Crippen LogP contribution in [0.5, 0.6) is 0 Å². The first kappa shape index (κ1) is 15.3. The lowest BCUT2D eigenvalue weighted by Crippen LogP contribution is -2.36. The van der Waals surface area contributed by atoms with Gasteiger partial charge in [0.05, 0.1) is 18.3 Å². The van der Waals surface area contributed by atoms with E-state index in [9.17, 15) is 13.5 Å². The standard InChI is InChI=1S/C14H22N2O3S/c1-3-15-20(18,19)14-7-5-4-6-12(14)16-9-8-11(2)13(16)10-17/h4-7,11,13,15,17H,3,8-10H2,1-2H3. The summed E-state index contributed by atoms with van der Waals surface area (Å²) in [5.74, 6) is 0.356. The van der Waals surface area contributed by atoms with E-state index in [4.69, 9.17) is 0 Å². The van der Waals surface area contributed by atoms with Gasteiger partial charge in [0.1, 0.15) is 4.90 Å². The van der Waals surface area contributed by atoms with E-state index in [2.05, 4.69) is 11.6 Å². The Hall–Kier alpha value is -1.11. The van der Waals surface area contributed by atoms with Crippen LogP contribution in [0.2, 0.25) is 0 Å². The molecule has 2 unspecified atom stereocenters. The zero-order valence-electron chi connectivity index (χ0n) is 11.9. The molecule has 1 saturated heterocycles. The lowest BCUT2D eigenvalue weighted by atomic mass is 10.0. The minimum Gasteiger partial charge on any atom is -0.394 e. The zero-order valence-corrected chi connectivity index (χ0v) is 12.7. The van der Waals surface area contributed by atoms with E-state index in [0.717, 1.165) is 13.0 Å². The molecule has 5 nitrogen and oxygen atoms in total. The minimum atomic E-state index is -3.50. The molecule has 1 heterocycles. The Morgan fingerprint density at radius 2 is 2.10 bits per heavy atom. The number of benzene rings is 1. The number of aliphatic hydroxyl groups is 1. The molecule has 1 aromatic rings. The highest BCUT2D eigenvalue weighted by Crippen LogP contribution is 2.33. The van der Waals surface area contributed by atoms with Gasteiger partial charge in [-0.15, -0.1) is 0 Å². The van der Waals surface area contributed by atoms with E-state index in [1.54, 1.807) is 19.1 Å². The molecule has 6 heteroatoms. The highest BCUT2D eigenvalue weighted by atomic mass is 32.2. The number of hydrogen-bond acceptors (Lipinski definition) is 4. The molecule has 2 atom stereocenters. The van der Waals surface area contributed by atoms with Crippen molar-refractivity contribution in [3.63, 3.8) is 0 Å². The van der Waals surface area contributed by atoms with Gasteiger partial charge in [0.25, 0.3) is 0 Å². The molecule has 0 aliphatic carbocycles. The third-order valence-corrected chi connectivity index (χ3v) is 5.46. The van der Waals surface area contributed by atoms with Crippen LogP contribution >= 0.6 is 0 Å². The van der Waals surface area contributed by atoms with Gasteiger partial charge >= 0.3 is 0 Å². The van der Waals surface area contributed by atoms with Crippen LogP contribution < -0.4 is 9.62 Å². The lowest BCUT2D eigenvalue weighted by molar-refractivity contribution is 0.244. The highest BCUT2D eigenvalue weighted by molar-refractivity contribution is 7.89. The monoisotopic (exact) mass is 298 g/mol. The summed E-state index contributed by atoms with van der Waals surface area (Å²) in [6, 6.07) is 6.96. The quantitative estimate of drug-likeness (QED) is 0.857. The van der Waals surface area contributed by atoms with Crippen molar-refractivity contribution < 1.29 is 13.5 Å². The number of nitrogens with zero attached hydrogens (tertiary/aromatic N) is 1. The molecule has 0 bridgehead atoms. The first-order valence-corrected chi connectivity index (χ1v) is 8.45. The molecule has 1 aliphatic heterocycles. The van der Waals surface area contributed by atoms with Crippen molar-refractivity contribution in [2.45, 2.75) is 31.2 Å². The molecule has 0 saturated carbocycles. The summed E-state index contributed by atoms with van der Waals surface area (Å²) < 4.78 is 27.1. The van der Waals surface area contributed by atoms with Crippen molar-refractivity contribution in [2.75, 3.05) is 24.6 Å². The highest BCUT2D eigenvalue weighted by Gasteiger charge is 2.33. The molecule has 1 aromatic carbocycles. The molecule has 0 amide bonds. The third kappa shape index (κ3) is 2.82. The molecule has 2 N–H and O–H groups in total. The summed E-state index contributed by atoms with van der Waals surface area (Å²) in [6.07, 6.45) is 0.959. The molecule has 1 aliphatic rings. The Kier molecular flexibility index (Phi) is 4.67. The van der Waals surface area contributed by atoms with Gasteiger partial charge in [-0.3, -0.25) is 0 Å². The molecule has 2 rings (SSSR count). The maximum atomic E-state index is 12.3. The van der Waals surface area contributed by atoms with Gasteiger partial charge in [-0.05, 0) is 24.5 Å². The van der Waals surface area contributed by atoms with Gasteiger partial charge in [0.15, 0.2) is 0 Å². The summed E-state index contributed by atoms with van der Waals surface area (Å²) in [4.78, 5) is 2.30. The van der Waals surface area contributed by atoms with Crippen molar-refractivity contribution in [1.29, 1.82) is 0 Å². The number of hydrogen-bond donors (Lipinski definition) is 2. The SMILES string of the molecule is CCNS(=O)(=O)c1ccccc1N1CCC(C)C1CO. The summed E-state index contributed by atoms with van der Waals surface area (Å²) in [5.41, 5.74) is 0.678. The van der Waals surface area contributed by atoms with E-state index in [1.165, 1.54) is 0 Å². The first-order chi connectivity index (χ1) is 9.51. The molecule has 0 aromatic heterocycles. The van der Waals surface area contributed by atoms with E-state index in [0.29, 0.717) is 18.2 Å². The Morgan fingerprint density at radius 1 is 1.40 bits per heavy atom. The molecule has 20 heavy (non-hydrogen) atoms. The Bertz CT molecular complexity index is 559. The number of rotatable bonds is 5. The molecule has 0 radical (unpaired) electrons. The fourth-order valence-electron chi connectivity index (χ4n) is 2.78. The second-order valence-corrected chi connectivity index (χ2v) is 6.91. The fourth-order valence-corrected chi connectivity index (χ4v) is 4.03. The number of anilines is 1. The van der Waals surface area contributed by atoms with Crippen LogP contribution in [0.3, 0.4) is 0 Å². The summed E-state index contributed by atoms with van der Waals surface area (Å²) in [7, 11) is -3.50. The van der Waals surface area contributed by atoms with Crippen LogP contribution in [0.25, 0.3) is 0 Å². The van der Waals surface area contributed by atoms with Gasteiger partial charge in [-0.1, -0.05) is 26.0 Å². The second-order valence-electron chi connectivity index (χ2n) is 5.18. The summed E-state index contributed by atoms with van der Waals surface area (Å²) in [6.45, 7) is 5.01. The molecule has 0 spiro atoms. The van der Waals surface area contributed by atoms with Crippen LogP contribution in [0.1, 0.15) is 20.3 Å². The first-order valence-electron chi connectivity index (χ1n) is 6.97. The third-order valence-electron chi connectivity index (χ3n) is 3.87. The van der Waals surface area contributed by atoms with Gasteiger partial charge in [0, 0.05) is 13.1 Å². The van der Waals surface area contributed by atoms with E-state index < -0.39 is 10.0 Å². The van der Waals surface area contributed by atoms with Crippen molar-refractivity contribution in [2.24, 2.45) is 5.92 Å². The zero-order chi connectivity index (χ0) is 14.8. The Labute approximate surface area is 120 Å². The number of aliphatic hydroxyl groups excluding tert-OH is 1. The van der Waals surface area contributed by atoms with Gasteiger partial charge in [0.2, 0.25) is 10.0 Å².